The Balaban J connectivity index is 2.48. The van der Waals surface area contributed by atoms with E-state index in [4.69, 9.17) is 5.73 Å². The van der Waals surface area contributed by atoms with Gasteiger partial charge in [0.2, 0.25) is 5.91 Å². The van der Waals surface area contributed by atoms with Crippen molar-refractivity contribution >= 4 is 11.7 Å². The van der Waals surface area contributed by atoms with Gasteiger partial charge in [-0.15, -0.1) is 5.10 Å². The Kier molecular flexibility index (Phi) is 3.39. The Morgan fingerprint density at radius 1 is 1.77 bits per heavy atom. The van der Waals surface area contributed by atoms with Gasteiger partial charge in [-0.05, 0) is 13.0 Å². The van der Waals surface area contributed by atoms with Crippen LogP contribution in [-0.2, 0) is 11.3 Å². The molecule has 0 saturated carbocycles. The van der Waals surface area contributed by atoms with Crippen LogP contribution in [0.5, 0.6) is 0 Å². The summed E-state index contributed by atoms with van der Waals surface area (Å²) in [5.74, 6) is 0.329. The minimum absolute atomic E-state index is 0.147. The number of nitrogens with zero attached hydrogens (tertiary/aromatic N) is 3. The van der Waals surface area contributed by atoms with E-state index in [0.29, 0.717) is 12.4 Å². The van der Waals surface area contributed by atoms with E-state index >= 15 is 0 Å². The average molecular weight is 183 g/mol. The van der Waals surface area contributed by atoms with Gasteiger partial charge >= 0.3 is 0 Å². The molecule has 1 aromatic rings. The van der Waals surface area contributed by atoms with Crippen molar-refractivity contribution < 1.29 is 4.79 Å². The maximum absolute atomic E-state index is 10.6. The molecule has 6 nitrogen and oxygen atoms in total. The second-order valence-electron chi connectivity index (χ2n) is 2.69. The summed E-state index contributed by atoms with van der Waals surface area (Å²) in [5, 5.41) is 10.1. The van der Waals surface area contributed by atoms with E-state index in [9.17, 15) is 4.79 Å². The molecule has 3 N–H and O–H groups in total. The predicted octanol–water partition coefficient (Wildman–Crippen LogP) is -0.415. The van der Waals surface area contributed by atoms with Gasteiger partial charge in [-0.2, -0.15) is 0 Å². The molecule has 0 bridgehead atoms. The summed E-state index contributed by atoms with van der Waals surface area (Å²) < 4.78 is 1.65. The van der Waals surface area contributed by atoms with Crippen molar-refractivity contribution in [2.45, 2.75) is 19.9 Å². The van der Waals surface area contributed by atoms with Gasteiger partial charge in [-0.25, -0.2) is 0 Å². The lowest BCUT2D eigenvalue weighted by Gasteiger charge is -1.95. The zero-order valence-corrected chi connectivity index (χ0v) is 7.53. The molecular weight excluding hydrogens is 170 g/mol. The van der Waals surface area contributed by atoms with E-state index in [-0.39, 0.29) is 5.91 Å². The van der Waals surface area contributed by atoms with Crippen LogP contribution < -0.4 is 11.1 Å². The van der Waals surface area contributed by atoms with E-state index in [1.165, 1.54) is 6.92 Å². The van der Waals surface area contributed by atoms with Gasteiger partial charge in [0.15, 0.2) is 5.82 Å². The molecule has 72 valence electrons. The van der Waals surface area contributed by atoms with Gasteiger partial charge in [-0.3, -0.25) is 9.48 Å². The summed E-state index contributed by atoms with van der Waals surface area (Å²) in [4.78, 5) is 10.6. The van der Waals surface area contributed by atoms with Crippen LogP contribution >= 0.6 is 0 Å². The second-order valence-corrected chi connectivity index (χ2v) is 2.69. The number of carbonyl (C=O) groups is 1. The molecule has 0 aliphatic heterocycles. The van der Waals surface area contributed by atoms with Crippen LogP contribution in [0.4, 0.5) is 5.82 Å². The number of hydrogen-bond acceptors (Lipinski definition) is 4. The lowest BCUT2D eigenvalue weighted by molar-refractivity contribution is -0.114. The van der Waals surface area contributed by atoms with Crippen molar-refractivity contribution in [3.8, 4) is 0 Å². The highest BCUT2D eigenvalue weighted by molar-refractivity contribution is 5.87. The Labute approximate surface area is 76.1 Å². The van der Waals surface area contributed by atoms with Crippen molar-refractivity contribution in [3.05, 3.63) is 6.20 Å². The zero-order chi connectivity index (χ0) is 9.68. The topological polar surface area (TPSA) is 85.8 Å². The monoisotopic (exact) mass is 183 g/mol. The SMILES string of the molecule is CC(=O)Nc1cn(CCCN)nn1. The number of anilines is 1. The Morgan fingerprint density at radius 3 is 3.15 bits per heavy atom. The number of aryl methyl sites for hydroxylation is 1. The first-order valence-corrected chi connectivity index (χ1v) is 4.10. The summed E-state index contributed by atoms with van der Waals surface area (Å²) >= 11 is 0. The molecule has 1 aromatic heterocycles. The van der Waals surface area contributed by atoms with Gasteiger partial charge in [0.1, 0.15) is 0 Å². The van der Waals surface area contributed by atoms with E-state index in [0.717, 1.165) is 13.0 Å². The number of aromatic nitrogens is 3. The van der Waals surface area contributed by atoms with Crippen molar-refractivity contribution in [3.63, 3.8) is 0 Å². The molecule has 1 rings (SSSR count). The molecule has 1 amide bonds. The minimum Gasteiger partial charge on any atom is -0.330 e. The summed E-state index contributed by atoms with van der Waals surface area (Å²) in [5.41, 5.74) is 5.33. The van der Waals surface area contributed by atoms with E-state index in [1.54, 1.807) is 10.9 Å². The maximum Gasteiger partial charge on any atom is 0.222 e. The predicted molar refractivity (Wildman–Crippen MR) is 48.0 cm³/mol. The van der Waals surface area contributed by atoms with Crippen molar-refractivity contribution in [2.75, 3.05) is 11.9 Å². The van der Waals surface area contributed by atoms with Crippen molar-refractivity contribution in [2.24, 2.45) is 5.73 Å². The highest BCUT2D eigenvalue weighted by Crippen LogP contribution is 1.99. The van der Waals surface area contributed by atoms with E-state index in [1.807, 2.05) is 0 Å². The highest BCUT2D eigenvalue weighted by atomic mass is 16.1. The number of nitrogens with two attached hydrogens (primary N) is 1. The van der Waals surface area contributed by atoms with Gasteiger partial charge < -0.3 is 11.1 Å². The first kappa shape index (κ1) is 9.66. The second kappa shape index (κ2) is 4.56. The molecule has 0 saturated heterocycles. The number of nitrogens with one attached hydrogen (secondary N) is 1. The maximum atomic E-state index is 10.6. The largest absolute Gasteiger partial charge is 0.330 e. The van der Waals surface area contributed by atoms with Gasteiger partial charge in [0.25, 0.3) is 0 Å². The molecule has 0 aromatic carbocycles. The fraction of sp³-hybridized carbons (Fsp3) is 0.571. The molecule has 6 heteroatoms. The van der Waals surface area contributed by atoms with Crippen molar-refractivity contribution in [1.82, 2.24) is 15.0 Å². The third-order valence-electron chi connectivity index (χ3n) is 1.43. The van der Waals surface area contributed by atoms with Gasteiger partial charge in [0, 0.05) is 13.5 Å². The Hall–Kier alpha value is -1.43. The number of rotatable bonds is 4. The molecule has 0 atom stereocenters. The quantitative estimate of drug-likeness (QED) is 0.664. The molecule has 1 heterocycles. The van der Waals surface area contributed by atoms with Crippen LogP contribution in [0.15, 0.2) is 6.20 Å². The summed E-state index contributed by atoms with van der Waals surface area (Å²) in [6.45, 7) is 2.78. The van der Waals surface area contributed by atoms with Gasteiger partial charge in [0.05, 0.1) is 6.20 Å². The highest BCUT2D eigenvalue weighted by Gasteiger charge is 2.00. The minimum atomic E-state index is -0.147. The fourth-order valence-corrected chi connectivity index (χ4v) is 0.899. The molecule has 0 spiro atoms. The Morgan fingerprint density at radius 2 is 2.54 bits per heavy atom. The van der Waals surface area contributed by atoms with Crippen LogP contribution in [0, 0.1) is 0 Å². The molecular formula is C7H13N5O. The molecule has 13 heavy (non-hydrogen) atoms. The van der Waals surface area contributed by atoms with Crippen LogP contribution in [0.1, 0.15) is 13.3 Å². The molecule has 0 aliphatic carbocycles. The third-order valence-corrected chi connectivity index (χ3v) is 1.43. The van der Waals surface area contributed by atoms with Crippen LogP contribution in [0.2, 0.25) is 0 Å². The zero-order valence-electron chi connectivity index (χ0n) is 7.53. The lowest BCUT2D eigenvalue weighted by atomic mass is 10.4. The normalized spacial score (nSPS) is 10.0. The molecule has 0 aliphatic rings. The summed E-state index contributed by atoms with van der Waals surface area (Å²) in [6.07, 6.45) is 2.53. The van der Waals surface area contributed by atoms with Crippen LogP contribution in [0.3, 0.4) is 0 Å². The van der Waals surface area contributed by atoms with Crippen LogP contribution in [-0.4, -0.2) is 27.4 Å². The summed E-state index contributed by atoms with van der Waals surface area (Å²) in [7, 11) is 0. The number of hydrogen-bond donors (Lipinski definition) is 2. The van der Waals surface area contributed by atoms with Crippen LogP contribution in [0.25, 0.3) is 0 Å². The average Bonchev–Trinajstić information content (AvgIpc) is 2.48. The van der Waals surface area contributed by atoms with Gasteiger partial charge in [-0.1, -0.05) is 5.21 Å². The summed E-state index contributed by atoms with van der Waals surface area (Å²) in [6, 6.07) is 0. The lowest BCUT2D eigenvalue weighted by Crippen LogP contribution is -2.06. The molecule has 0 unspecified atom stereocenters. The number of amides is 1. The van der Waals surface area contributed by atoms with E-state index < -0.39 is 0 Å². The van der Waals surface area contributed by atoms with Crippen molar-refractivity contribution in [1.29, 1.82) is 0 Å². The first-order valence-electron chi connectivity index (χ1n) is 4.10. The Bertz CT molecular complexity index is 282. The standard InChI is InChI=1S/C7H13N5O/c1-6(13)9-7-5-12(11-10-7)4-2-3-8/h5H,2-4,8H2,1H3,(H,9,13). The number of carbonyl (C=O) groups excluding carboxylic acids is 1. The first-order chi connectivity index (χ1) is 6.22. The third kappa shape index (κ3) is 3.20. The molecule has 0 radical (unpaired) electrons. The molecule has 0 fully saturated rings. The fourth-order valence-electron chi connectivity index (χ4n) is 0.899. The van der Waals surface area contributed by atoms with E-state index in [2.05, 4.69) is 15.6 Å². The smallest absolute Gasteiger partial charge is 0.222 e.